The first kappa shape index (κ1) is 23.8. The maximum atomic E-state index is 15.2. The van der Waals surface area contributed by atoms with E-state index >= 15 is 4.39 Å². The highest BCUT2D eigenvalue weighted by atomic mass is 35.5. The molecule has 0 saturated carbocycles. The molecule has 0 aliphatic carbocycles. The lowest BCUT2D eigenvalue weighted by atomic mass is 10.0. The first-order valence-corrected chi connectivity index (χ1v) is 12.7. The molecule has 4 rings (SSSR count). The van der Waals surface area contributed by atoms with E-state index in [0.29, 0.717) is 30.5 Å². The molecule has 1 unspecified atom stereocenters. The Morgan fingerprint density at radius 2 is 1.94 bits per heavy atom. The zero-order valence-electron chi connectivity index (χ0n) is 18.2. The van der Waals surface area contributed by atoms with Gasteiger partial charge in [-0.3, -0.25) is 9.59 Å². The molecule has 10 heteroatoms. The standard InChI is InChI=1S/C24H21ClFN3O4S/c1-34(32,33)21-7-3-2-5-17(21)15-8-9-20(18(26)13-15)29-12-4-6-19(24(29)31)28-23(30)16-10-11-27-22(25)14-16/h2-3,5,7-11,13-14,19H,4,6,12H2,1H3,(H,28,30). The van der Waals surface area contributed by atoms with Crippen molar-refractivity contribution in [1.82, 2.24) is 10.3 Å². The van der Waals surface area contributed by atoms with Gasteiger partial charge in [-0.15, -0.1) is 0 Å². The first-order valence-electron chi connectivity index (χ1n) is 10.5. The summed E-state index contributed by atoms with van der Waals surface area (Å²) < 4.78 is 39.4. The molecular weight excluding hydrogens is 481 g/mol. The zero-order valence-corrected chi connectivity index (χ0v) is 19.7. The molecule has 1 atom stereocenters. The van der Waals surface area contributed by atoms with Crippen molar-refractivity contribution in [1.29, 1.82) is 0 Å². The highest BCUT2D eigenvalue weighted by Gasteiger charge is 2.32. The van der Waals surface area contributed by atoms with Gasteiger partial charge in [0, 0.05) is 30.1 Å². The van der Waals surface area contributed by atoms with Gasteiger partial charge in [0.25, 0.3) is 5.91 Å². The average molecular weight is 502 g/mol. The number of anilines is 1. The van der Waals surface area contributed by atoms with Crippen molar-refractivity contribution in [2.45, 2.75) is 23.8 Å². The predicted molar refractivity (Wildman–Crippen MR) is 127 cm³/mol. The van der Waals surface area contributed by atoms with E-state index in [0.717, 1.165) is 6.26 Å². The second-order valence-corrected chi connectivity index (χ2v) is 10.3. The number of nitrogens with zero attached hydrogens (tertiary/aromatic N) is 2. The predicted octanol–water partition coefficient (Wildman–Crippen LogP) is 3.87. The second-order valence-electron chi connectivity index (χ2n) is 7.96. The van der Waals surface area contributed by atoms with Crippen molar-refractivity contribution < 1.29 is 22.4 Å². The molecule has 1 aliphatic rings. The maximum absolute atomic E-state index is 15.2. The largest absolute Gasteiger partial charge is 0.340 e. The van der Waals surface area contributed by atoms with Gasteiger partial charge in [0.2, 0.25) is 5.91 Å². The highest BCUT2D eigenvalue weighted by molar-refractivity contribution is 7.90. The van der Waals surface area contributed by atoms with Crippen LogP contribution in [0.4, 0.5) is 10.1 Å². The Morgan fingerprint density at radius 3 is 2.65 bits per heavy atom. The van der Waals surface area contributed by atoms with Crippen LogP contribution in [0.2, 0.25) is 5.15 Å². The van der Waals surface area contributed by atoms with Crippen LogP contribution in [0.5, 0.6) is 0 Å². The van der Waals surface area contributed by atoms with Crippen LogP contribution in [-0.4, -0.2) is 44.1 Å². The number of hydrogen-bond donors (Lipinski definition) is 1. The quantitative estimate of drug-likeness (QED) is 0.535. The van der Waals surface area contributed by atoms with Gasteiger partial charge in [-0.2, -0.15) is 0 Å². The van der Waals surface area contributed by atoms with Crippen LogP contribution in [0, 0.1) is 5.82 Å². The summed E-state index contributed by atoms with van der Waals surface area (Å²) in [6.45, 7) is 0.294. The molecule has 0 spiro atoms. The highest BCUT2D eigenvalue weighted by Crippen LogP contribution is 2.32. The lowest BCUT2D eigenvalue weighted by Crippen LogP contribution is -2.52. The Labute approximate surface area is 201 Å². The average Bonchev–Trinajstić information content (AvgIpc) is 2.80. The number of hydrogen-bond acceptors (Lipinski definition) is 5. The lowest BCUT2D eigenvalue weighted by Gasteiger charge is -2.33. The number of pyridine rings is 1. The summed E-state index contributed by atoms with van der Waals surface area (Å²) in [6.07, 6.45) is 3.47. The number of carbonyl (C=O) groups is 2. The fourth-order valence-electron chi connectivity index (χ4n) is 3.96. The minimum atomic E-state index is -3.52. The van der Waals surface area contributed by atoms with E-state index in [4.69, 9.17) is 11.6 Å². The molecule has 34 heavy (non-hydrogen) atoms. The Bertz CT molecular complexity index is 1380. The van der Waals surface area contributed by atoms with Crippen molar-refractivity contribution in [2.75, 3.05) is 17.7 Å². The molecule has 0 radical (unpaired) electrons. The van der Waals surface area contributed by atoms with Gasteiger partial charge in [0.1, 0.15) is 17.0 Å². The molecule has 176 valence electrons. The molecule has 1 saturated heterocycles. The first-order chi connectivity index (χ1) is 16.1. The molecule has 1 fully saturated rings. The summed E-state index contributed by atoms with van der Waals surface area (Å²) in [7, 11) is -3.52. The maximum Gasteiger partial charge on any atom is 0.252 e. The lowest BCUT2D eigenvalue weighted by molar-refractivity contribution is -0.121. The number of piperidine rings is 1. The third kappa shape index (κ3) is 4.95. The molecule has 1 N–H and O–H groups in total. The van der Waals surface area contributed by atoms with Crippen molar-refractivity contribution in [3.63, 3.8) is 0 Å². The Hall–Kier alpha value is -3.30. The van der Waals surface area contributed by atoms with Gasteiger partial charge >= 0.3 is 0 Å². The van der Waals surface area contributed by atoms with Gasteiger partial charge in [0.15, 0.2) is 9.84 Å². The molecule has 0 bridgehead atoms. The molecule has 2 amide bonds. The molecule has 2 aromatic carbocycles. The number of carbonyl (C=O) groups excluding carboxylic acids is 2. The second kappa shape index (κ2) is 9.52. The minimum Gasteiger partial charge on any atom is -0.340 e. The molecule has 1 aromatic heterocycles. The van der Waals surface area contributed by atoms with E-state index in [2.05, 4.69) is 10.3 Å². The van der Waals surface area contributed by atoms with E-state index in [1.54, 1.807) is 24.3 Å². The number of aromatic nitrogens is 1. The van der Waals surface area contributed by atoms with Gasteiger partial charge < -0.3 is 10.2 Å². The SMILES string of the molecule is CS(=O)(=O)c1ccccc1-c1ccc(N2CCCC(NC(=O)c3ccnc(Cl)c3)C2=O)c(F)c1. The number of amides is 2. The van der Waals surface area contributed by atoms with Crippen molar-refractivity contribution in [2.24, 2.45) is 0 Å². The summed E-state index contributed by atoms with van der Waals surface area (Å²) in [5.74, 6) is -1.57. The Kier molecular flexibility index (Phi) is 6.67. The molecule has 7 nitrogen and oxygen atoms in total. The summed E-state index contributed by atoms with van der Waals surface area (Å²) in [4.78, 5) is 30.8. The van der Waals surface area contributed by atoms with Gasteiger partial charge in [-0.05, 0) is 48.7 Å². The van der Waals surface area contributed by atoms with Crippen molar-refractivity contribution in [3.8, 4) is 11.1 Å². The Balaban J connectivity index is 1.58. The third-order valence-corrected chi connectivity index (χ3v) is 6.93. The Morgan fingerprint density at radius 1 is 1.18 bits per heavy atom. The zero-order chi connectivity index (χ0) is 24.5. The summed E-state index contributed by atoms with van der Waals surface area (Å²) in [6, 6.07) is 12.7. The topological polar surface area (TPSA) is 96.4 Å². The number of sulfone groups is 1. The van der Waals surface area contributed by atoms with E-state index in [1.165, 1.54) is 41.4 Å². The molecule has 1 aliphatic heterocycles. The van der Waals surface area contributed by atoms with Crippen LogP contribution in [-0.2, 0) is 14.6 Å². The minimum absolute atomic E-state index is 0.0662. The third-order valence-electron chi connectivity index (χ3n) is 5.57. The number of nitrogens with one attached hydrogen (secondary N) is 1. The summed E-state index contributed by atoms with van der Waals surface area (Å²) >= 11 is 5.83. The van der Waals surface area contributed by atoms with Gasteiger partial charge in [-0.25, -0.2) is 17.8 Å². The van der Waals surface area contributed by atoms with Crippen molar-refractivity contribution >= 4 is 38.9 Å². The van der Waals surface area contributed by atoms with E-state index in [9.17, 15) is 18.0 Å². The van der Waals surface area contributed by atoms with Crippen LogP contribution in [0.1, 0.15) is 23.2 Å². The smallest absolute Gasteiger partial charge is 0.252 e. The van der Waals surface area contributed by atoms with Crippen LogP contribution in [0.15, 0.2) is 65.7 Å². The molecule has 2 heterocycles. The molecule has 3 aromatic rings. The number of halogens is 2. The van der Waals surface area contributed by atoms with E-state index < -0.39 is 33.5 Å². The van der Waals surface area contributed by atoms with Gasteiger partial charge in [0.05, 0.1) is 10.6 Å². The summed E-state index contributed by atoms with van der Waals surface area (Å²) in [5.41, 5.74) is 1.09. The fourth-order valence-corrected chi connectivity index (χ4v) is 5.04. The van der Waals surface area contributed by atoms with E-state index in [-0.39, 0.29) is 21.3 Å². The van der Waals surface area contributed by atoms with E-state index in [1.807, 2.05) is 0 Å². The van der Waals surface area contributed by atoms with Crippen LogP contribution >= 0.6 is 11.6 Å². The number of benzene rings is 2. The fraction of sp³-hybridized carbons (Fsp3) is 0.208. The van der Waals surface area contributed by atoms with Gasteiger partial charge in [-0.1, -0.05) is 35.9 Å². The van der Waals surface area contributed by atoms with Crippen LogP contribution in [0.25, 0.3) is 11.1 Å². The van der Waals surface area contributed by atoms with Crippen molar-refractivity contribution in [3.05, 3.63) is 77.3 Å². The number of rotatable bonds is 5. The summed E-state index contributed by atoms with van der Waals surface area (Å²) in [5, 5.41) is 2.84. The van der Waals surface area contributed by atoms with Crippen LogP contribution in [0.3, 0.4) is 0 Å². The monoisotopic (exact) mass is 501 g/mol. The normalized spacial score (nSPS) is 16.4. The molecular formula is C24H21ClFN3O4S. The van der Waals surface area contributed by atoms with Crippen LogP contribution < -0.4 is 10.2 Å².